The standard InChI is InChI=1S/C21H29N3O4/c1-23-12-21(13-24(14-21)20(26)15-7-8-15)11-16(23)19(25)22-9-10-28-18-6-4-3-5-17(18)27-2/h3-6,15-16H,7-14H2,1-2H3,(H,22,25). The smallest absolute Gasteiger partial charge is 0.237 e. The first-order valence-electron chi connectivity index (χ1n) is 10.0. The minimum atomic E-state index is -0.135. The fraction of sp³-hybridized carbons (Fsp3) is 0.619. The minimum absolute atomic E-state index is 0.0370. The van der Waals surface area contributed by atoms with Gasteiger partial charge in [-0.25, -0.2) is 0 Å². The summed E-state index contributed by atoms with van der Waals surface area (Å²) in [5, 5.41) is 2.98. The number of hydrogen-bond acceptors (Lipinski definition) is 5. The lowest BCUT2D eigenvalue weighted by Crippen LogP contribution is -2.59. The zero-order chi connectivity index (χ0) is 19.7. The lowest BCUT2D eigenvalue weighted by atomic mass is 9.77. The molecular formula is C21H29N3O4. The predicted octanol–water partition coefficient (Wildman–Crippen LogP) is 1.13. The number of benzene rings is 1. The highest BCUT2D eigenvalue weighted by Gasteiger charge is 2.54. The van der Waals surface area contributed by atoms with Crippen molar-refractivity contribution in [2.45, 2.75) is 25.3 Å². The van der Waals surface area contributed by atoms with Gasteiger partial charge in [0.05, 0.1) is 19.7 Å². The third-order valence-corrected chi connectivity index (χ3v) is 6.06. The molecule has 2 saturated heterocycles. The number of nitrogens with zero attached hydrogens (tertiary/aromatic N) is 2. The van der Waals surface area contributed by atoms with Crippen LogP contribution < -0.4 is 14.8 Å². The summed E-state index contributed by atoms with van der Waals surface area (Å²) in [6.45, 7) is 3.30. The number of nitrogens with one attached hydrogen (secondary N) is 1. The average molecular weight is 387 g/mol. The highest BCUT2D eigenvalue weighted by atomic mass is 16.5. The van der Waals surface area contributed by atoms with Gasteiger partial charge in [-0.1, -0.05) is 12.1 Å². The summed E-state index contributed by atoms with van der Waals surface area (Å²) < 4.78 is 11.0. The molecule has 4 rings (SSSR count). The van der Waals surface area contributed by atoms with Crippen LogP contribution in [0.1, 0.15) is 19.3 Å². The molecule has 7 nitrogen and oxygen atoms in total. The maximum Gasteiger partial charge on any atom is 0.237 e. The van der Waals surface area contributed by atoms with Crippen LogP contribution in [-0.2, 0) is 9.59 Å². The summed E-state index contributed by atoms with van der Waals surface area (Å²) in [6, 6.07) is 7.33. The first kappa shape index (κ1) is 19.1. The summed E-state index contributed by atoms with van der Waals surface area (Å²) in [5.74, 6) is 1.98. The molecule has 2 amide bonds. The van der Waals surface area contributed by atoms with E-state index in [2.05, 4.69) is 10.2 Å². The molecule has 0 radical (unpaired) electrons. The summed E-state index contributed by atoms with van der Waals surface area (Å²) in [5.41, 5.74) is 0.0925. The van der Waals surface area contributed by atoms with E-state index in [0.717, 1.165) is 38.9 Å². The van der Waals surface area contributed by atoms with Gasteiger partial charge in [-0.2, -0.15) is 0 Å². The van der Waals surface area contributed by atoms with Crippen LogP contribution in [0.2, 0.25) is 0 Å². The molecular weight excluding hydrogens is 358 g/mol. The van der Waals surface area contributed by atoms with E-state index in [0.29, 0.717) is 30.6 Å². The molecule has 1 aromatic rings. The Bertz CT molecular complexity index is 743. The first-order chi connectivity index (χ1) is 13.5. The molecule has 0 aromatic heterocycles. The Morgan fingerprint density at radius 3 is 2.57 bits per heavy atom. The molecule has 7 heteroatoms. The average Bonchev–Trinajstić information content (AvgIpc) is 3.46. The highest BCUT2D eigenvalue weighted by Crippen LogP contribution is 2.44. The van der Waals surface area contributed by atoms with Crippen molar-refractivity contribution in [3.05, 3.63) is 24.3 Å². The molecule has 1 spiro atoms. The molecule has 3 aliphatic rings. The molecule has 1 aromatic carbocycles. The zero-order valence-electron chi connectivity index (χ0n) is 16.6. The number of methoxy groups -OCH3 is 1. The van der Waals surface area contributed by atoms with E-state index in [-0.39, 0.29) is 23.3 Å². The Balaban J connectivity index is 1.21. The van der Waals surface area contributed by atoms with E-state index in [4.69, 9.17) is 9.47 Å². The Morgan fingerprint density at radius 2 is 1.89 bits per heavy atom. The molecule has 1 atom stereocenters. The van der Waals surface area contributed by atoms with Gasteiger partial charge < -0.3 is 19.7 Å². The molecule has 1 N–H and O–H groups in total. The SMILES string of the molecule is COc1ccccc1OCCNC(=O)C1CC2(CN(C(=O)C3CC3)C2)CN1C. The van der Waals surface area contributed by atoms with Crippen LogP contribution in [0.25, 0.3) is 0 Å². The number of carbonyl (C=O) groups excluding carboxylic acids is 2. The van der Waals surface area contributed by atoms with Crippen molar-refractivity contribution in [2.75, 3.05) is 46.9 Å². The van der Waals surface area contributed by atoms with Crippen LogP contribution >= 0.6 is 0 Å². The van der Waals surface area contributed by atoms with Gasteiger partial charge in [0.25, 0.3) is 0 Å². The van der Waals surface area contributed by atoms with Gasteiger partial charge in [-0.3, -0.25) is 14.5 Å². The van der Waals surface area contributed by atoms with E-state index in [1.165, 1.54) is 0 Å². The third kappa shape index (κ3) is 3.81. The van der Waals surface area contributed by atoms with Gasteiger partial charge >= 0.3 is 0 Å². The van der Waals surface area contributed by atoms with E-state index >= 15 is 0 Å². The van der Waals surface area contributed by atoms with Gasteiger partial charge in [-0.15, -0.1) is 0 Å². The number of amides is 2. The number of para-hydroxylation sites is 2. The normalized spacial score (nSPS) is 23.4. The Labute approximate surface area is 166 Å². The van der Waals surface area contributed by atoms with Crippen LogP contribution in [0.4, 0.5) is 0 Å². The quantitative estimate of drug-likeness (QED) is 0.711. The molecule has 2 heterocycles. The van der Waals surface area contributed by atoms with Crippen molar-refractivity contribution in [2.24, 2.45) is 11.3 Å². The number of hydrogen-bond donors (Lipinski definition) is 1. The number of likely N-dealkylation sites (tertiary alicyclic amines) is 2. The lowest BCUT2D eigenvalue weighted by Gasteiger charge is -2.48. The zero-order valence-corrected chi connectivity index (χ0v) is 16.6. The monoisotopic (exact) mass is 387 g/mol. The van der Waals surface area contributed by atoms with Crippen molar-refractivity contribution in [1.29, 1.82) is 0 Å². The maximum atomic E-state index is 12.6. The van der Waals surface area contributed by atoms with Gasteiger partial charge in [0.15, 0.2) is 11.5 Å². The Hall–Kier alpha value is -2.28. The predicted molar refractivity (Wildman–Crippen MR) is 104 cm³/mol. The van der Waals surface area contributed by atoms with Gasteiger partial charge in [0.1, 0.15) is 6.61 Å². The topological polar surface area (TPSA) is 71.1 Å². The van der Waals surface area contributed by atoms with E-state index in [1.54, 1.807) is 7.11 Å². The Kier molecular flexibility index (Phi) is 5.19. The lowest BCUT2D eigenvalue weighted by molar-refractivity contribution is -0.144. The van der Waals surface area contributed by atoms with Gasteiger partial charge in [0.2, 0.25) is 11.8 Å². The molecule has 3 fully saturated rings. The Morgan fingerprint density at radius 1 is 1.18 bits per heavy atom. The van der Waals surface area contributed by atoms with E-state index in [1.807, 2.05) is 36.2 Å². The largest absolute Gasteiger partial charge is 0.493 e. The van der Waals surface area contributed by atoms with Crippen molar-refractivity contribution >= 4 is 11.8 Å². The summed E-state index contributed by atoms with van der Waals surface area (Å²) in [6.07, 6.45) is 2.91. The number of rotatable bonds is 7. The second-order valence-corrected chi connectivity index (χ2v) is 8.39. The highest BCUT2D eigenvalue weighted by molar-refractivity contribution is 5.83. The molecule has 28 heavy (non-hydrogen) atoms. The summed E-state index contributed by atoms with van der Waals surface area (Å²) >= 11 is 0. The number of likely N-dealkylation sites (N-methyl/N-ethyl adjacent to an activating group) is 1. The van der Waals surface area contributed by atoms with E-state index < -0.39 is 0 Å². The van der Waals surface area contributed by atoms with Crippen molar-refractivity contribution in [3.8, 4) is 11.5 Å². The molecule has 2 aliphatic heterocycles. The third-order valence-electron chi connectivity index (χ3n) is 6.06. The minimum Gasteiger partial charge on any atom is -0.493 e. The second kappa shape index (κ2) is 7.62. The van der Waals surface area contributed by atoms with E-state index in [9.17, 15) is 9.59 Å². The fourth-order valence-corrected chi connectivity index (χ4v) is 4.49. The van der Waals surface area contributed by atoms with Crippen molar-refractivity contribution in [1.82, 2.24) is 15.1 Å². The van der Waals surface area contributed by atoms with Crippen LogP contribution in [0, 0.1) is 11.3 Å². The van der Waals surface area contributed by atoms with Gasteiger partial charge in [0, 0.05) is 31.0 Å². The van der Waals surface area contributed by atoms with Gasteiger partial charge in [-0.05, 0) is 38.4 Å². The van der Waals surface area contributed by atoms with Crippen molar-refractivity contribution < 1.29 is 19.1 Å². The maximum absolute atomic E-state index is 12.6. The summed E-state index contributed by atoms with van der Waals surface area (Å²) in [4.78, 5) is 28.9. The second-order valence-electron chi connectivity index (χ2n) is 8.39. The molecule has 1 unspecified atom stereocenters. The number of carbonyl (C=O) groups is 2. The molecule has 1 saturated carbocycles. The number of ether oxygens (including phenoxy) is 2. The summed E-state index contributed by atoms with van der Waals surface area (Å²) in [7, 11) is 3.60. The first-order valence-corrected chi connectivity index (χ1v) is 10.0. The van der Waals surface area contributed by atoms with Crippen LogP contribution in [-0.4, -0.2) is 74.6 Å². The van der Waals surface area contributed by atoms with Crippen LogP contribution in [0.5, 0.6) is 11.5 Å². The fourth-order valence-electron chi connectivity index (χ4n) is 4.49. The van der Waals surface area contributed by atoms with Crippen LogP contribution in [0.15, 0.2) is 24.3 Å². The molecule has 0 bridgehead atoms. The molecule has 152 valence electrons. The molecule has 1 aliphatic carbocycles. The van der Waals surface area contributed by atoms with Crippen molar-refractivity contribution in [3.63, 3.8) is 0 Å². The van der Waals surface area contributed by atoms with Crippen LogP contribution in [0.3, 0.4) is 0 Å².